The van der Waals surface area contributed by atoms with Crippen molar-refractivity contribution in [1.29, 1.82) is 0 Å². The molecule has 28 heavy (non-hydrogen) atoms. The number of aromatic nitrogens is 1. The minimum atomic E-state index is -0.246. The quantitative estimate of drug-likeness (QED) is 0.650. The highest BCUT2D eigenvalue weighted by molar-refractivity contribution is 6.01. The molecule has 1 atom stereocenters. The van der Waals surface area contributed by atoms with Crippen LogP contribution in [-0.2, 0) is 7.05 Å². The number of nitrogens with one attached hydrogen (secondary N) is 2. The molecule has 6 heteroatoms. The van der Waals surface area contributed by atoms with Crippen molar-refractivity contribution in [2.24, 2.45) is 13.0 Å². The third-order valence-corrected chi connectivity index (χ3v) is 4.90. The van der Waals surface area contributed by atoms with Gasteiger partial charge in [0, 0.05) is 24.1 Å². The third kappa shape index (κ3) is 3.91. The molecule has 3 aromatic rings. The minimum Gasteiger partial charge on any atom is -0.493 e. The highest BCUT2D eigenvalue weighted by atomic mass is 16.5. The average molecular weight is 381 g/mol. The smallest absolute Gasteiger partial charge is 0.319 e. The van der Waals surface area contributed by atoms with Crippen LogP contribution >= 0.6 is 0 Å². The number of hydrogen-bond acceptors (Lipinski definition) is 3. The summed E-state index contributed by atoms with van der Waals surface area (Å²) in [5.74, 6) is 1.49. The van der Waals surface area contributed by atoms with Gasteiger partial charge >= 0.3 is 6.03 Å². The van der Waals surface area contributed by atoms with Crippen LogP contribution in [0.15, 0.2) is 48.7 Å². The second kappa shape index (κ2) is 8.25. The number of methoxy groups -OCH3 is 2. The molecule has 0 aliphatic rings. The predicted octanol–water partition coefficient (Wildman–Crippen LogP) is 4.71. The van der Waals surface area contributed by atoms with E-state index in [1.54, 1.807) is 14.2 Å². The van der Waals surface area contributed by atoms with Crippen molar-refractivity contribution in [3.8, 4) is 11.5 Å². The number of fused-ring (bicyclic) bond motifs is 1. The fourth-order valence-electron chi connectivity index (χ4n) is 3.39. The van der Waals surface area contributed by atoms with Gasteiger partial charge in [-0.15, -0.1) is 0 Å². The molecular weight excluding hydrogens is 354 g/mol. The monoisotopic (exact) mass is 381 g/mol. The van der Waals surface area contributed by atoms with E-state index >= 15 is 0 Å². The number of nitrogens with zero attached hydrogens (tertiary/aromatic N) is 1. The summed E-state index contributed by atoms with van der Waals surface area (Å²) in [6.07, 6.45) is 1.98. The van der Waals surface area contributed by atoms with E-state index in [-0.39, 0.29) is 18.0 Å². The van der Waals surface area contributed by atoms with Gasteiger partial charge in [-0.1, -0.05) is 26.0 Å². The topological polar surface area (TPSA) is 64.5 Å². The fraction of sp³-hybridized carbons (Fsp3) is 0.318. The molecule has 3 rings (SSSR count). The zero-order chi connectivity index (χ0) is 20.3. The summed E-state index contributed by atoms with van der Waals surface area (Å²) in [5.41, 5.74) is 2.81. The van der Waals surface area contributed by atoms with E-state index in [0.717, 1.165) is 22.2 Å². The first-order valence-corrected chi connectivity index (χ1v) is 9.28. The normalized spacial score (nSPS) is 12.1. The maximum Gasteiger partial charge on any atom is 0.319 e. The van der Waals surface area contributed by atoms with Gasteiger partial charge in [-0.3, -0.25) is 0 Å². The van der Waals surface area contributed by atoms with E-state index in [0.29, 0.717) is 11.5 Å². The Morgan fingerprint density at radius 3 is 2.46 bits per heavy atom. The van der Waals surface area contributed by atoms with Crippen molar-refractivity contribution in [3.05, 3.63) is 54.2 Å². The van der Waals surface area contributed by atoms with Gasteiger partial charge in [0.2, 0.25) is 0 Å². The van der Waals surface area contributed by atoms with E-state index in [1.165, 1.54) is 0 Å². The molecule has 0 saturated carbocycles. The molecule has 0 radical (unpaired) electrons. The summed E-state index contributed by atoms with van der Waals surface area (Å²) >= 11 is 0. The Hall–Kier alpha value is -3.15. The van der Waals surface area contributed by atoms with Crippen molar-refractivity contribution in [1.82, 2.24) is 9.88 Å². The SMILES string of the molecule is COc1ccc([C@@H](NC(=O)Nc2cccc3c2ccn3C)C(C)C)cc1OC. The van der Waals surface area contributed by atoms with E-state index in [4.69, 9.17) is 9.47 Å². The third-order valence-electron chi connectivity index (χ3n) is 4.90. The zero-order valence-electron chi connectivity index (χ0n) is 16.9. The van der Waals surface area contributed by atoms with Crippen LogP contribution in [0.3, 0.4) is 0 Å². The Kier molecular flexibility index (Phi) is 5.78. The van der Waals surface area contributed by atoms with E-state index in [9.17, 15) is 4.79 Å². The van der Waals surface area contributed by atoms with Crippen molar-refractivity contribution < 1.29 is 14.3 Å². The van der Waals surface area contributed by atoms with Crippen LogP contribution in [-0.4, -0.2) is 24.8 Å². The molecule has 2 aromatic carbocycles. The number of rotatable bonds is 6. The first-order chi connectivity index (χ1) is 13.4. The summed E-state index contributed by atoms with van der Waals surface area (Å²) in [6, 6.07) is 13.2. The number of benzene rings is 2. The van der Waals surface area contributed by atoms with Crippen molar-refractivity contribution >= 4 is 22.6 Å². The molecule has 0 aliphatic heterocycles. The molecule has 0 spiro atoms. The van der Waals surface area contributed by atoms with Crippen LogP contribution in [0.5, 0.6) is 11.5 Å². The van der Waals surface area contributed by atoms with E-state index < -0.39 is 0 Å². The summed E-state index contributed by atoms with van der Waals surface area (Å²) in [4.78, 5) is 12.7. The van der Waals surface area contributed by atoms with Gasteiger partial charge in [-0.25, -0.2) is 4.79 Å². The molecule has 1 heterocycles. The highest BCUT2D eigenvalue weighted by Crippen LogP contribution is 2.32. The maximum atomic E-state index is 12.7. The number of carbonyl (C=O) groups is 1. The summed E-state index contributed by atoms with van der Waals surface area (Å²) < 4.78 is 12.7. The van der Waals surface area contributed by atoms with Crippen molar-refractivity contribution in [3.63, 3.8) is 0 Å². The van der Waals surface area contributed by atoms with Crippen LogP contribution in [0.25, 0.3) is 10.9 Å². The molecule has 148 valence electrons. The van der Waals surface area contributed by atoms with Crippen molar-refractivity contribution in [2.75, 3.05) is 19.5 Å². The van der Waals surface area contributed by atoms with E-state index in [1.807, 2.05) is 60.3 Å². The Bertz CT molecular complexity index is 978. The standard InChI is InChI=1S/C22H27N3O3/c1-14(2)21(15-9-10-19(27-4)20(13-15)28-5)24-22(26)23-17-7-6-8-18-16(17)11-12-25(18)3/h6-14,21H,1-5H3,(H2,23,24,26)/t21-/m0/s1. The second-order valence-electron chi connectivity index (χ2n) is 7.10. The molecule has 0 fully saturated rings. The number of hydrogen-bond donors (Lipinski definition) is 2. The Labute approximate surface area is 165 Å². The van der Waals surface area contributed by atoms with Gasteiger partial charge in [-0.2, -0.15) is 0 Å². The maximum absolute atomic E-state index is 12.7. The number of ether oxygens (including phenoxy) is 2. The van der Waals surface area contributed by atoms with Gasteiger partial charge in [0.05, 0.1) is 25.9 Å². The molecule has 2 N–H and O–H groups in total. The lowest BCUT2D eigenvalue weighted by Gasteiger charge is -2.24. The predicted molar refractivity (Wildman–Crippen MR) is 112 cm³/mol. The summed E-state index contributed by atoms with van der Waals surface area (Å²) in [7, 11) is 5.19. The molecule has 0 aliphatic carbocycles. The molecule has 0 bridgehead atoms. The number of carbonyl (C=O) groups excluding carboxylic acids is 1. The lowest BCUT2D eigenvalue weighted by molar-refractivity contribution is 0.244. The Balaban J connectivity index is 1.81. The van der Waals surface area contributed by atoms with Gasteiger partial charge < -0.3 is 24.7 Å². The van der Waals surface area contributed by atoms with Gasteiger partial charge in [0.1, 0.15) is 0 Å². The Morgan fingerprint density at radius 2 is 1.79 bits per heavy atom. The van der Waals surface area contributed by atoms with Crippen LogP contribution in [0.2, 0.25) is 0 Å². The first-order valence-electron chi connectivity index (χ1n) is 9.28. The van der Waals surface area contributed by atoms with Gasteiger partial charge in [0.25, 0.3) is 0 Å². The lowest BCUT2D eigenvalue weighted by atomic mass is 9.96. The molecule has 2 amide bonds. The average Bonchev–Trinajstić information content (AvgIpc) is 3.07. The van der Waals surface area contributed by atoms with Crippen LogP contribution < -0.4 is 20.1 Å². The Morgan fingerprint density at radius 1 is 1.04 bits per heavy atom. The molecule has 1 aromatic heterocycles. The highest BCUT2D eigenvalue weighted by Gasteiger charge is 2.20. The second-order valence-corrected chi connectivity index (χ2v) is 7.10. The number of aryl methyl sites for hydroxylation is 1. The summed E-state index contributed by atoms with van der Waals surface area (Å²) in [5, 5.41) is 7.08. The minimum absolute atomic E-state index is 0.171. The molecule has 0 saturated heterocycles. The van der Waals surface area contributed by atoms with Crippen LogP contribution in [0, 0.1) is 5.92 Å². The largest absolute Gasteiger partial charge is 0.493 e. The van der Waals surface area contributed by atoms with Crippen LogP contribution in [0.4, 0.5) is 10.5 Å². The number of amides is 2. The summed E-state index contributed by atoms with van der Waals surface area (Å²) in [6.45, 7) is 4.14. The molecule has 6 nitrogen and oxygen atoms in total. The van der Waals surface area contributed by atoms with Gasteiger partial charge in [-0.05, 0) is 41.8 Å². The molecular formula is C22H27N3O3. The van der Waals surface area contributed by atoms with Crippen molar-refractivity contribution in [2.45, 2.75) is 19.9 Å². The van der Waals surface area contributed by atoms with Crippen LogP contribution in [0.1, 0.15) is 25.5 Å². The number of urea groups is 1. The molecule has 0 unspecified atom stereocenters. The zero-order valence-corrected chi connectivity index (χ0v) is 16.9. The van der Waals surface area contributed by atoms with Gasteiger partial charge in [0.15, 0.2) is 11.5 Å². The fourth-order valence-corrected chi connectivity index (χ4v) is 3.39. The lowest BCUT2D eigenvalue weighted by Crippen LogP contribution is -2.35. The first kappa shape index (κ1) is 19.6. The number of anilines is 1. The van der Waals surface area contributed by atoms with E-state index in [2.05, 4.69) is 24.5 Å².